The first-order valence-corrected chi connectivity index (χ1v) is 9.50. The molecule has 2 aliphatic rings. The van der Waals surface area contributed by atoms with Crippen molar-refractivity contribution in [3.8, 4) is 0 Å². The molecule has 2 rings (SSSR count). The molecule has 0 nitrogen and oxygen atoms in total. The Hall–Kier alpha value is -0.378. The third-order valence-corrected chi connectivity index (χ3v) is 8.00. The first kappa shape index (κ1) is 13.1. The van der Waals surface area contributed by atoms with Crippen LogP contribution in [0.1, 0.15) is 40.5 Å². The Morgan fingerprint density at radius 3 is 1.59 bits per heavy atom. The molecule has 0 aromatic heterocycles. The standard InChI is InChI=1S/2C8H11.Re.H/c2*1-7(2)8-5-3-4-6-8;;/h2*3,5,7H,4H2,1-2H3;;. The van der Waals surface area contributed by atoms with Crippen molar-refractivity contribution in [2.24, 2.45) is 11.8 Å². The molecule has 0 aliphatic heterocycles. The first-order valence-electron chi connectivity index (χ1n) is 6.56. The topological polar surface area (TPSA) is 0 Å². The summed E-state index contributed by atoms with van der Waals surface area (Å²) >= 11 is -0.458. The van der Waals surface area contributed by atoms with Crippen molar-refractivity contribution in [1.82, 2.24) is 0 Å². The maximum absolute atomic E-state index is 2.37. The van der Waals surface area contributed by atoms with Crippen LogP contribution in [-0.4, -0.2) is 0 Å². The SMILES string of the molecule is CC(C)C1=[C]([ReH][C]2=C(C(C)C)C=CC2)CC=C1. The zero-order valence-electron chi connectivity index (χ0n) is 11.3. The van der Waals surface area contributed by atoms with Crippen LogP contribution in [0.4, 0.5) is 0 Å². The summed E-state index contributed by atoms with van der Waals surface area (Å²) in [7, 11) is 0. The molecule has 0 aromatic carbocycles. The van der Waals surface area contributed by atoms with Crippen LogP contribution in [0.15, 0.2) is 43.5 Å². The normalized spacial score (nSPS) is 19.9. The predicted octanol–water partition coefficient (Wildman–Crippen LogP) is 4.54. The van der Waals surface area contributed by atoms with Gasteiger partial charge in [0, 0.05) is 0 Å². The van der Waals surface area contributed by atoms with E-state index in [-0.39, 0.29) is 0 Å². The van der Waals surface area contributed by atoms with Crippen molar-refractivity contribution in [3.63, 3.8) is 0 Å². The van der Waals surface area contributed by atoms with Crippen molar-refractivity contribution in [2.75, 3.05) is 0 Å². The van der Waals surface area contributed by atoms with Crippen LogP contribution in [0.3, 0.4) is 0 Å². The van der Waals surface area contributed by atoms with E-state index in [2.05, 4.69) is 52.0 Å². The van der Waals surface area contributed by atoms with Gasteiger partial charge in [-0.25, -0.2) is 0 Å². The van der Waals surface area contributed by atoms with E-state index in [0.29, 0.717) is 11.8 Å². The average molecular weight is 402 g/mol. The van der Waals surface area contributed by atoms with Gasteiger partial charge >= 0.3 is 114 Å². The van der Waals surface area contributed by atoms with Gasteiger partial charge in [-0.3, -0.25) is 0 Å². The fraction of sp³-hybridized carbons (Fsp3) is 0.500. The molecule has 0 heterocycles. The van der Waals surface area contributed by atoms with E-state index in [0.717, 1.165) is 0 Å². The van der Waals surface area contributed by atoms with Gasteiger partial charge < -0.3 is 0 Å². The van der Waals surface area contributed by atoms with Crippen molar-refractivity contribution < 1.29 is 18.0 Å². The summed E-state index contributed by atoms with van der Waals surface area (Å²) in [6.07, 6.45) is 12.0. The summed E-state index contributed by atoms with van der Waals surface area (Å²) in [5.41, 5.74) is 3.30. The maximum atomic E-state index is 2.37. The second-order valence-corrected chi connectivity index (χ2v) is 9.66. The van der Waals surface area contributed by atoms with Gasteiger partial charge in [-0.15, -0.1) is 0 Å². The molecule has 0 radical (unpaired) electrons. The molecule has 0 aromatic rings. The molecular weight excluding hydrogens is 378 g/mol. The molecule has 0 atom stereocenters. The molecule has 0 amide bonds. The van der Waals surface area contributed by atoms with Gasteiger partial charge in [-0.2, -0.15) is 0 Å². The quantitative estimate of drug-likeness (QED) is 0.649. The fourth-order valence-electron chi connectivity index (χ4n) is 2.39. The van der Waals surface area contributed by atoms with Crippen LogP contribution in [0.2, 0.25) is 0 Å². The summed E-state index contributed by atoms with van der Waals surface area (Å²) < 4.78 is 3.63. The second-order valence-electron chi connectivity index (χ2n) is 5.38. The van der Waals surface area contributed by atoms with Crippen molar-refractivity contribution >= 4 is 0 Å². The molecule has 0 fully saturated rings. The number of allylic oxidation sites excluding steroid dienone is 8. The third-order valence-electron chi connectivity index (χ3n) is 3.34. The number of rotatable bonds is 4. The van der Waals surface area contributed by atoms with E-state index in [4.69, 9.17) is 0 Å². The van der Waals surface area contributed by atoms with E-state index in [1.54, 1.807) is 11.1 Å². The zero-order chi connectivity index (χ0) is 12.4. The van der Waals surface area contributed by atoms with E-state index in [1.807, 2.05) is 8.09 Å². The summed E-state index contributed by atoms with van der Waals surface area (Å²) in [5.74, 6) is 1.42. The molecule has 0 saturated carbocycles. The van der Waals surface area contributed by atoms with Gasteiger partial charge in [0.1, 0.15) is 0 Å². The Kier molecular flexibility index (Phi) is 4.23. The van der Waals surface area contributed by atoms with Crippen molar-refractivity contribution in [3.05, 3.63) is 43.5 Å². The van der Waals surface area contributed by atoms with Gasteiger partial charge in [-0.05, 0) is 0 Å². The van der Waals surface area contributed by atoms with E-state index in [1.165, 1.54) is 12.8 Å². The second kappa shape index (κ2) is 5.51. The molecule has 0 bridgehead atoms. The molecule has 94 valence electrons. The fourth-order valence-corrected chi connectivity index (χ4v) is 7.77. The third kappa shape index (κ3) is 2.90. The number of hydrogen-bond acceptors (Lipinski definition) is 0. The van der Waals surface area contributed by atoms with E-state index >= 15 is 0 Å². The Balaban J connectivity index is 2.18. The van der Waals surface area contributed by atoms with Crippen LogP contribution >= 0.6 is 0 Å². The Bertz CT molecular complexity index is 377. The Labute approximate surface area is 114 Å². The zero-order valence-corrected chi connectivity index (χ0v) is 14.2. The van der Waals surface area contributed by atoms with Crippen LogP contribution in [0.5, 0.6) is 0 Å². The minimum absolute atomic E-state index is 0.458. The first-order chi connectivity index (χ1) is 8.09. The number of hydrogen-bond donors (Lipinski definition) is 0. The molecule has 2 aliphatic carbocycles. The predicted molar refractivity (Wildman–Crippen MR) is 72.6 cm³/mol. The van der Waals surface area contributed by atoms with Crippen LogP contribution in [0.25, 0.3) is 0 Å². The summed E-state index contributed by atoms with van der Waals surface area (Å²) in [6, 6.07) is 0. The molecule has 1 heteroatoms. The summed E-state index contributed by atoms with van der Waals surface area (Å²) in [4.78, 5) is 0. The van der Waals surface area contributed by atoms with Gasteiger partial charge in [0.25, 0.3) is 0 Å². The summed E-state index contributed by atoms with van der Waals surface area (Å²) in [6.45, 7) is 9.31. The molecule has 17 heavy (non-hydrogen) atoms. The van der Waals surface area contributed by atoms with Gasteiger partial charge in [-0.1, -0.05) is 0 Å². The molecule has 0 N–H and O–H groups in total. The van der Waals surface area contributed by atoms with E-state index < -0.39 is 18.0 Å². The van der Waals surface area contributed by atoms with Crippen molar-refractivity contribution in [1.29, 1.82) is 0 Å². The summed E-state index contributed by atoms with van der Waals surface area (Å²) in [5, 5.41) is 0. The Morgan fingerprint density at radius 2 is 1.24 bits per heavy atom. The molecule has 0 saturated heterocycles. The average Bonchev–Trinajstić information content (AvgIpc) is 2.86. The Morgan fingerprint density at radius 1 is 0.824 bits per heavy atom. The van der Waals surface area contributed by atoms with Crippen LogP contribution in [0, 0.1) is 11.8 Å². The van der Waals surface area contributed by atoms with Gasteiger partial charge in [0.2, 0.25) is 0 Å². The molecule has 0 spiro atoms. The molecule has 0 unspecified atom stereocenters. The monoisotopic (exact) mass is 402 g/mol. The van der Waals surface area contributed by atoms with Crippen LogP contribution < -0.4 is 0 Å². The van der Waals surface area contributed by atoms with E-state index in [9.17, 15) is 0 Å². The van der Waals surface area contributed by atoms with Crippen LogP contribution in [-0.2, 0) is 18.0 Å². The minimum atomic E-state index is -0.458. The van der Waals surface area contributed by atoms with Gasteiger partial charge in [0.15, 0.2) is 0 Å². The molecular formula is C16H23Re. The van der Waals surface area contributed by atoms with Gasteiger partial charge in [0.05, 0.1) is 0 Å². The van der Waals surface area contributed by atoms with Crippen molar-refractivity contribution in [2.45, 2.75) is 40.5 Å².